The van der Waals surface area contributed by atoms with Gasteiger partial charge in [0.15, 0.2) is 0 Å². The first-order valence-corrected chi connectivity index (χ1v) is 27.2. The van der Waals surface area contributed by atoms with Gasteiger partial charge in [0.05, 0.1) is 17.1 Å². The van der Waals surface area contributed by atoms with Crippen LogP contribution in [0.4, 0.5) is 11.4 Å². The molecule has 0 bridgehead atoms. The van der Waals surface area contributed by atoms with Gasteiger partial charge in [0, 0.05) is 22.9 Å². The third-order valence-corrected chi connectivity index (χ3v) is 12.7. The number of aliphatic imine (C=N–C) groups is 2. The van der Waals surface area contributed by atoms with Gasteiger partial charge in [0.25, 0.3) is 0 Å². The van der Waals surface area contributed by atoms with E-state index in [-0.39, 0.29) is 16.5 Å². The second kappa shape index (κ2) is 43.5. The van der Waals surface area contributed by atoms with Crippen molar-refractivity contribution < 1.29 is 16.5 Å². The van der Waals surface area contributed by atoms with Crippen molar-refractivity contribution in [3.63, 3.8) is 0 Å². The molecule has 358 valence electrons. The van der Waals surface area contributed by atoms with E-state index in [1.807, 2.05) is 0 Å². The van der Waals surface area contributed by atoms with Gasteiger partial charge in [-0.05, 0) is 98.2 Å². The minimum Gasteiger partial charge on any atom is -0.251 e. The summed E-state index contributed by atoms with van der Waals surface area (Å²) in [6, 6.07) is 15.7. The summed E-state index contributed by atoms with van der Waals surface area (Å²) in [4.78, 5) is 10.5. The Kier molecular flexibility index (Phi) is 40.4. The van der Waals surface area contributed by atoms with Crippen LogP contribution >= 0.6 is 0 Å². The summed E-state index contributed by atoms with van der Waals surface area (Å²) in [5.41, 5.74) is 8.03. The van der Waals surface area contributed by atoms with Crippen LogP contribution in [0.1, 0.15) is 276 Å². The summed E-state index contributed by atoms with van der Waals surface area (Å²) < 4.78 is 0. The molecule has 0 radical (unpaired) electrons. The molecular formula is C60H98N2Ni. The Hall–Kier alpha value is -2.43. The Morgan fingerprint density at radius 1 is 0.460 bits per heavy atom. The van der Waals surface area contributed by atoms with Crippen molar-refractivity contribution in [1.82, 2.24) is 0 Å². The third-order valence-electron chi connectivity index (χ3n) is 12.7. The number of unbranched alkanes of at least 4 members (excludes halogenated alkanes) is 30. The number of hydrogen-bond donors (Lipinski definition) is 0. The van der Waals surface area contributed by atoms with Crippen molar-refractivity contribution in [2.75, 3.05) is 0 Å². The van der Waals surface area contributed by atoms with Gasteiger partial charge in [0.2, 0.25) is 0 Å². The van der Waals surface area contributed by atoms with Crippen LogP contribution in [0, 0.1) is 11.8 Å². The summed E-state index contributed by atoms with van der Waals surface area (Å²) in [5, 5.41) is 0. The average Bonchev–Trinajstić information content (AvgIpc) is 3.28. The van der Waals surface area contributed by atoms with Gasteiger partial charge in [-0.1, -0.05) is 251 Å². The number of nitrogens with zero attached hydrogens (tertiary/aromatic N) is 2. The second-order valence-corrected chi connectivity index (χ2v) is 18.6. The third kappa shape index (κ3) is 32.0. The van der Waals surface area contributed by atoms with E-state index in [4.69, 9.17) is 9.98 Å². The van der Waals surface area contributed by atoms with Crippen LogP contribution in [0.5, 0.6) is 0 Å². The monoisotopic (exact) mass is 905 g/mol. The Balaban J connectivity index is 0.0000198. The summed E-state index contributed by atoms with van der Waals surface area (Å²) >= 11 is 0. The molecular weight excluding hydrogens is 807 g/mol. The maximum absolute atomic E-state index is 5.30. The van der Waals surface area contributed by atoms with Crippen molar-refractivity contribution in [1.29, 1.82) is 0 Å². The van der Waals surface area contributed by atoms with Crippen LogP contribution in [0.25, 0.3) is 6.08 Å². The summed E-state index contributed by atoms with van der Waals surface area (Å²) in [6.07, 6.45) is 53.4. The molecule has 3 heteroatoms. The molecule has 0 aliphatic rings. The van der Waals surface area contributed by atoms with E-state index in [9.17, 15) is 0 Å². The van der Waals surface area contributed by atoms with Crippen molar-refractivity contribution >= 4 is 28.9 Å². The molecule has 0 aromatic heterocycles. The largest absolute Gasteiger partial charge is 0.251 e. The zero-order valence-electron chi connectivity index (χ0n) is 42.1. The zero-order valence-corrected chi connectivity index (χ0v) is 43.1. The maximum Gasteiger partial charge on any atom is 0.135 e. The van der Waals surface area contributed by atoms with E-state index < -0.39 is 0 Å². The number of hydrogen-bond acceptors (Lipinski definition) is 2. The fourth-order valence-electron chi connectivity index (χ4n) is 8.61. The molecule has 0 fully saturated rings. The van der Waals surface area contributed by atoms with Gasteiger partial charge in [0.1, 0.15) is 5.71 Å². The molecule has 2 aromatic rings. The number of aryl methyl sites for hydroxylation is 2. The van der Waals surface area contributed by atoms with Crippen molar-refractivity contribution in [3.8, 4) is 11.8 Å². The van der Waals surface area contributed by atoms with E-state index in [1.54, 1.807) is 0 Å². The number of rotatable bonds is 40. The molecule has 0 aliphatic carbocycles. The van der Waals surface area contributed by atoms with E-state index in [0.29, 0.717) is 0 Å². The molecule has 0 atom stereocenters. The van der Waals surface area contributed by atoms with Crippen LogP contribution in [0.15, 0.2) is 58.5 Å². The van der Waals surface area contributed by atoms with Gasteiger partial charge in [-0.3, -0.25) is 4.99 Å². The molecule has 0 N–H and O–H groups in total. The molecule has 0 amide bonds. The fraction of sp³-hybridized carbons (Fsp3) is 0.700. The molecule has 0 spiro atoms. The average molecular weight is 906 g/mol. The smallest absolute Gasteiger partial charge is 0.135 e. The molecule has 0 saturated heterocycles. The van der Waals surface area contributed by atoms with E-state index in [0.717, 1.165) is 54.9 Å². The van der Waals surface area contributed by atoms with Crippen molar-refractivity contribution in [2.45, 2.75) is 272 Å². The van der Waals surface area contributed by atoms with E-state index >= 15 is 0 Å². The number of benzene rings is 2. The minimum atomic E-state index is 0. The second-order valence-electron chi connectivity index (χ2n) is 18.6. The van der Waals surface area contributed by atoms with Gasteiger partial charge in [-0.25, -0.2) is 4.99 Å². The predicted molar refractivity (Wildman–Crippen MR) is 281 cm³/mol. The van der Waals surface area contributed by atoms with Crippen molar-refractivity contribution in [3.05, 3.63) is 65.2 Å². The van der Waals surface area contributed by atoms with Crippen LogP contribution in [0.2, 0.25) is 0 Å². The molecule has 2 aromatic carbocycles. The Morgan fingerprint density at radius 3 is 1.44 bits per heavy atom. The van der Waals surface area contributed by atoms with Gasteiger partial charge >= 0.3 is 0 Å². The SMILES string of the molecule is CCCCCCCCCCCCCC=Cc1cccc(N=C(C#CCCCCCCCCCCCCCCCCC)C(CC)=Nc2ccc(CCCCC)c(CCCCC)c2)c1.[Ni]. The molecule has 2 nitrogen and oxygen atoms in total. The normalized spacial score (nSPS) is 11.9. The first kappa shape index (κ1) is 58.6. The summed E-state index contributed by atoms with van der Waals surface area (Å²) in [7, 11) is 0. The standard InChI is InChI=1S/C60H98N2.Ni/c1-6-11-15-17-19-21-23-25-26-27-28-30-32-34-36-38-42-49-60(59(10-5)61-58-51-50-55(46-39-13-8-3)56(53-58)47-40-14-9-4)62-57-48-43-45-54(52-57)44-41-37-35-33-31-29-24-22-20-18-16-12-7-2;/h41,43-45,48,50-53H,6-40,46-47H2,1-5H3;. The van der Waals surface area contributed by atoms with E-state index in [1.165, 1.54) is 222 Å². The van der Waals surface area contributed by atoms with E-state index in [2.05, 4.69) is 101 Å². The Bertz CT molecular complexity index is 1510. The molecule has 0 heterocycles. The molecule has 0 aliphatic heterocycles. The van der Waals surface area contributed by atoms with Crippen molar-refractivity contribution in [2.24, 2.45) is 9.98 Å². The summed E-state index contributed by atoms with van der Waals surface area (Å²) in [5.74, 6) is 7.11. The van der Waals surface area contributed by atoms with Gasteiger partial charge in [-0.2, -0.15) is 0 Å². The number of allylic oxidation sites excluding steroid dienone is 1. The van der Waals surface area contributed by atoms with Crippen LogP contribution < -0.4 is 0 Å². The van der Waals surface area contributed by atoms with Gasteiger partial charge in [-0.15, -0.1) is 0 Å². The minimum absolute atomic E-state index is 0. The maximum atomic E-state index is 5.30. The molecule has 2 rings (SSSR count). The summed E-state index contributed by atoms with van der Waals surface area (Å²) in [6.45, 7) is 11.4. The Morgan fingerprint density at radius 2 is 0.921 bits per heavy atom. The Labute approximate surface area is 402 Å². The molecule has 0 saturated carbocycles. The topological polar surface area (TPSA) is 24.7 Å². The van der Waals surface area contributed by atoms with Gasteiger partial charge < -0.3 is 0 Å². The zero-order chi connectivity index (χ0) is 44.4. The molecule has 63 heavy (non-hydrogen) atoms. The predicted octanol–water partition coefficient (Wildman–Crippen LogP) is 20.4. The fourth-order valence-corrected chi connectivity index (χ4v) is 8.61. The quantitative estimate of drug-likeness (QED) is 0.0276. The van der Waals surface area contributed by atoms with Crippen LogP contribution in [0.3, 0.4) is 0 Å². The first-order chi connectivity index (χ1) is 30.6. The first-order valence-electron chi connectivity index (χ1n) is 27.2. The molecule has 0 unspecified atom stereocenters. The van der Waals surface area contributed by atoms with Crippen LogP contribution in [-0.4, -0.2) is 11.4 Å². The van der Waals surface area contributed by atoms with Crippen LogP contribution in [-0.2, 0) is 29.3 Å².